The molecule has 30 heavy (non-hydrogen) atoms. The maximum absolute atomic E-state index is 15.4. The van der Waals surface area contributed by atoms with Gasteiger partial charge in [-0.3, -0.25) is 0 Å². The molecule has 3 aromatic rings. The molecule has 4 rings (SSSR count). The zero-order chi connectivity index (χ0) is 20.1. The molecule has 0 unspecified atom stereocenters. The number of rotatable bonds is 6. The van der Waals surface area contributed by atoms with Crippen molar-refractivity contribution in [2.45, 2.75) is 30.8 Å². The van der Waals surface area contributed by atoms with Gasteiger partial charge in [-0.2, -0.15) is 0 Å². The van der Waals surface area contributed by atoms with Gasteiger partial charge in [-0.25, -0.2) is 4.39 Å². The molecule has 0 atom stereocenters. The van der Waals surface area contributed by atoms with Crippen LogP contribution in [0.15, 0.2) is 84.9 Å². The van der Waals surface area contributed by atoms with E-state index >= 15 is 4.39 Å². The maximum atomic E-state index is 15.4. The molecule has 0 amide bonds. The molecule has 1 N–H and O–H groups in total. The first-order chi connectivity index (χ1) is 14.1. The first kappa shape index (κ1) is 22.3. The lowest BCUT2D eigenvalue weighted by atomic mass is 9.85. The minimum atomic E-state index is -1.34. The Kier molecular flexibility index (Phi) is 7.52. The SMILES string of the molecule is Cl.Oc1cccc(C2(F)CCN(CCC(c3ccccc3)c3ccccc3)CC2)c1. The van der Waals surface area contributed by atoms with E-state index < -0.39 is 5.67 Å². The van der Waals surface area contributed by atoms with Crippen molar-refractivity contribution >= 4 is 12.4 Å². The number of halogens is 2. The molecule has 1 fully saturated rings. The third-order valence-electron chi connectivity index (χ3n) is 6.15. The monoisotopic (exact) mass is 425 g/mol. The average molecular weight is 426 g/mol. The molecule has 2 nitrogen and oxygen atoms in total. The second-order valence-electron chi connectivity index (χ2n) is 8.02. The number of likely N-dealkylation sites (tertiary alicyclic amines) is 1. The van der Waals surface area contributed by atoms with Crippen LogP contribution in [0.1, 0.15) is 41.9 Å². The van der Waals surface area contributed by atoms with E-state index in [2.05, 4.69) is 65.6 Å². The van der Waals surface area contributed by atoms with Crippen molar-refractivity contribution < 1.29 is 9.50 Å². The molecular formula is C26H29ClFNO. The Balaban J connectivity index is 0.00000256. The van der Waals surface area contributed by atoms with Gasteiger partial charge < -0.3 is 10.0 Å². The second kappa shape index (κ2) is 10.1. The Labute approximate surface area is 184 Å². The van der Waals surface area contributed by atoms with E-state index in [4.69, 9.17) is 0 Å². The Morgan fingerprint density at radius 2 is 1.40 bits per heavy atom. The topological polar surface area (TPSA) is 23.5 Å². The number of benzene rings is 3. The summed E-state index contributed by atoms with van der Waals surface area (Å²) in [5, 5.41) is 9.69. The Bertz CT molecular complexity index is 871. The highest BCUT2D eigenvalue weighted by Crippen LogP contribution is 2.38. The van der Waals surface area contributed by atoms with Gasteiger partial charge in [-0.1, -0.05) is 72.8 Å². The summed E-state index contributed by atoms with van der Waals surface area (Å²) in [5.74, 6) is 0.482. The van der Waals surface area contributed by atoms with Gasteiger partial charge in [0.2, 0.25) is 0 Å². The summed E-state index contributed by atoms with van der Waals surface area (Å²) in [6.07, 6.45) is 1.95. The first-order valence-corrected chi connectivity index (χ1v) is 10.4. The van der Waals surface area contributed by atoms with Crippen molar-refractivity contribution in [1.29, 1.82) is 0 Å². The Morgan fingerprint density at radius 1 is 0.833 bits per heavy atom. The quantitative estimate of drug-likeness (QED) is 0.501. The molecule has 1 aliphatic heterocycles. The summed E-state index contributed by atoms with van der Waals surface area (Å²) < 4.78 is 15.4. The fraction of sp³-hybridized carbons (Fsp3) is 0.308. The molecule has 0 spiro atoms. The minimum absolute atomic E-state index is 0. The van der Waals surface area contributed by atoms with Crippen LogP contribution >= 0.6 is 12.4 Å². The van der Waals surface area contributed by atoms with Crippen LogP contribution in [0.4, 0.5) is 4.39 Å². The molecule has 0 aliphatic carbocycles. The van der Waals surface area contributed by atoms with Gasteiger partial charge in [0, 0.05) is 19.0 Å². The van der Waals surface area contributed by atoms with E-state index in [1.807, 2.05) is 0 Å². The summed E-state index contributed by atoms with van der Waals surface area (Å²) in [6, 6.07) is 28.0. The summed E-state index contributed by atoms with van der Waals surface area (Å²) in [7, 11) is 0. The van der Waals surface area contributed by atoms with Crippen LogP contribution < -0.4 is 0 Å². The van der Waals surface area contributed by atoms with E-state index in [1.165, 1.54) is 11.1 Å². The van der Waals surface area contributed by atoms with Gasteiger partial charge in [0.1, 0.15) is 11.4 Å². The molecule has 0 saturated carbocycles. The van der Waals surface area contributed by atoms with Gasteiger partial charge in [0.05, 0.1) is 0 Å². The number of hydrogen-bond donors (Lipinski definition) is 1. The van der Waals surface area contributed by atoms with Crippen LogP contribution in [0.2, 0.25) is 0 Å². The minimum Gasteiger partial charge on any atom is -0.508 e. The Morgan fingerprint density at radius 3 is 1.93 bits per heavy atom. The zero-order valence-electron chi connectivity index (χ0n) is 17.1. The van der Waals surface area contributed by atoms with Gasteiger partial charge >= 0.3 is 0 Å². The summed E-state index contributed by atoms with van der Waals surface area (Å²) in [6.45, 7) is 2.43. The largest absolute Gasteiger partial charge is 0.508 e. The number of alkyl halides is 1. The zero-order valence-corrected chi connectivity index (χ0v) is 17.9. The predicted octanol–water partition coefficient (Wildman–Crippen LogP) is 6.30. The van der Waals surface area contributed by atoms with Crippen LogP contribution in [0.25, 0.3) is 0 Å². The fourth-order valence-corrected chi connectivity index (χ4v) is 4.41. The van der Waals surface area contributed by atoms with Crippen LogP contribution in [-0.2, 0) is 5.67 Å². The summed E-state index contributed by atoms with van der Waals surface area (Å²) >= 11 is 0. The molecule has 0 aromatic heterocycles. The maximum Gasteiger partial charge on any atom is 0.138 e. The predicted molar refractivity (Wildman–Crippen MR) is 123 cm³/mol. The van der Waals surface area contributed by atoms with Crippen molar-refractivity contribution in [3.63, 3.8) is 0 Å². The molecule has 3 aromatic carbocycles. The number of piperidine rings is 1. The fourth-order valence-electron chi connectivity index (χ4n) is 4.41. The lowest BCUT2D eigenvalue weighted by Crippen LogP contribution is -2.40. The Hall–Kier alpha value is -2.36. The number of phenolic OH excluding ortho intramolecular Hbond substituents is 1. The van der Waals surface area contributed by atoms with Gasteiger partial charge in [-0.15, -0.1) is 12.4 Å². The molecular weight excluding hydrogens is 397 g/mol. The normalized spacial score (nSPS) is 16.2. The van der Waals surface area contributed by atoms with Crippen molar-refractivity contribution in [3.8, 4) is 5.75 Å². The molecule has 0 bridgehead atoms. The lowest BCUT2D eigenvalue weighted by molar-refractivity contribution is 0.0549. The van der Waals surface area contributed by atoms with Crippen molar-refractivity contribution in [1.82, 2.24) is 4.90 Å². The smallest absolute Gasteiger partial charge is 0.138 e. The molecule has 158 valence electrons. The summed E-state index contributed by atoms with van der Waals surface area (Å²) in [5.41, 5.74) is 1.92. The van der Waals surface area contributed by atoms with Crippen molar-refractivity contribution in [2.75, 3.05) is 19.6 Å². The molecule has 4 heteroatoms. The van der Waals surface area contributed by atoms with Crippen LogP contribution in [0.3, 0.4) is 0 Å². The van der Waals surface area contributed by atoms with Gasteiger partial charge in [0.25, 0.3) is 0 Å². The van der Waals surface area contributed by atoms with Crippen LogP contribution in [-0.4, -0.2) is 29.6 Å². The van der Waals surface area contributed by atoms with Gasteiger partial charge in [0.15, 0.2) is 0 Å². The van der Waals surface area contributed by atoms with Gasteiger partial charge in [-0.05, 0) is 54.6 Å². The number of hydrogen-bond acceptors (Lipinski definition) is 2. The molecule has 1 saturated heterocycles. The number of nitrogens with zero attached hydrogens (tertiary/aromatic N) is 1. The van der Waals surface area contributed by atoms with E-state index in [1.54, 1.807) is 24.3 Å². The van der Waals surface area contributed by atoms with Crippen molar-refractivity contribution in [3.05, 3.63) is 102 Å². The summed E-state index contributed by atoms with van der Waals surface area (Å²) in [4.78, 5) is 2.37. The highest BCUT2D eigenvalue weighted by molar-refractivity contribution is 5.85. The van der Waals surface area contributed by atoms with Crippen molar-refractivity contribution in [2.24, 2.45) is 0 Å². The molecule has 1 heterocycles. The highest BCUT2D eigenvalue weighted by atomic mass is 35.5. The molecule has 0 radical (unpaired) electrons. The third-order valence-corrected chi connectivity index (χ3v) is 6.15. The van der Waals surface area contributed by atoms with E-state index in [0.717, 1.165) is 26.1 Å². The van der Waals surface area contributed by atoms with E-state index in [9.17, 15) is 5.11 Å². The average Bonchev–Trinajstić information content (AvgIpc) is 2.77. The van der Waals surface area contributed by atoms with E-state index in [-0.39, 0.29) is 18.2 Å². The molecule has 1 aliphatic rings. The second-order valence-corrected chi connectivity index (χ2v) is 8.02. The number of aromatic hydroxyl groups is 1. The first-order valence-electron chi connectivity index (χ1n) is 10.4. The lowest BCUT2D eigenvalue weighted by Gasteiger charge is -2.37. The van der Waals surface area contributed by atoms with Crippen LogP contribution in [0.5, 0.6) is 5.75 Å². The standard InChI is InChI=1S/C26H28FNO.ClH/c27-26(23-12-7-13-24(29)20-23)15-18-28(19-16-26)17-14-25(21-8-3-1-4-9-21)22-10-5-2-6-11-22;/h1-13,20,25,29H,14-19H2;1H. The van der Waals surface area contributed by atoms with E-state index in [0.29, 0.717) is 24.3 Å². The third kappa shape index (κ3) is 5.21. The highest BCUT2D eigenvalue weighted by Gasteiger charge is 2.36. The van der Waals surface area contributed by atoms with Crippen LogP contribution in [0, 0.1) is 0 Å². The number of phenols is 1.